The number of hydrogen-bond acceptors (Lipinski definition) is 5. The molecule has 3 aromatic rings. The highest BCUT2D eigenvalue weighted by Crippen LogP contribution is 2.34. The Morgan fingerprint density at radius 2 is 1.76 bits per heavy atom. The van der Waals surface area contributed by atoms with Gasteiger partial charge in [0.1, 0.15) is 24.7 Å². The van der Waals surface area contributed by atoms with Crippen LogP contribution in [-0.2, 0) is 22.6 Å². The molecular formula is C27H26ClNO4. The van der Waals surface area contributed by atoms with Crippen molar-refractivity contribution in [3.05, 3.63) is 82.9 Å². The molecule has 6 heteroatoms. The summed E-state index contributed by atoms with van der Waals surface area (Å²) in [5.74, 6) is 1.65. The van der Waals surface area contributed by atoms with Gasteiger partial charge in [0.15, 0.2) is 0 Å². The van der Waals surface area contributed by atoms with Gasteiger partial charge in [-0.25, -0.2) is 0 Å². The van der Waals surface area contributed by atoms with Gasteiger partial charge in [0, 0.05) is 24.2 Å². The first kappa shape index (κ1) is 21.8. The summed E-state index contributed by atoms with van der Waals surface area (Å²) in [5, 5.41) is 0.723. The SMILES string of the molecule is COC(=O)C1CN(C2COc3cc(-c4ccc(OCc5ccc(Cl)cc5)cc4)ccc3C2)C1. The van der Waals surface area contributed by atoms with E-state index in [0.717, 1.165) is 52.7 Å². The van der Waals surface area contributed by atoms with E-state index >= 15 is 0 Å². The van der Waals surface area contributed by atoms with Crippen molar-refractivity contribution in [2.24, 2.45) is 5.92 Å². The summed E-state index contributed by atoms with van der Waals surface area (Å²) in [6.45, 7) is 2.64. The largest absolute Gasteiger partial charge is 0.492 e. The molecule has 2 heterocycles. The molecule has 0 aliphatic carbocycles. The fourth-order valence-corrected chi connectivity index (χ4v) is 4.51. The lowest BCUT2D eigenvalue weighted by Crippen LogP contribution is -2.57. The molecule has 0 spiro atoms. The van der Waals surface area contributed by atoms with Crippen molar-refractivity contribution in [1.82, 2.24) is 4.90 Å². The van der Waals surface area contributed by atoms with Crippen molar-refractivity contribution in [2.45, 2.75) is 19.1 Å². The fraction of sp³-hybridized carbons (Fsp3) is 0.296. The third-order valence-corrected chi connectivity index (χ3v) is 6.67. The summed E-state index contributed by atoms with van der Waals surface area (Å²) in [5.41, 5.74) is 4.52. The Morgan fingerprint density at radius 3 is 2.48 bits per heavy atom. The average molecular weight is 464 g/mol. The van der Waals surface area contributed by atoms with Crippen LogP contribution in [0, 0.1) is 5.92 Å². The number of likely N-dealkylation sites (tertiary alicyclic amines) is 1. The first-order valence-corrected chi connectivity index (χ1v) is 11.5. The standard InChI is InChI=1S/C27H26ClNO4/c1-31-27(30)22-14-29(15-22)24-12-21-5-4-20(13-26(21)33-17-24)19-6-10-25(11-7-19)32-16-18-2-8-23(28)9-3-18/h2-11,13,22,24H,12,14-17H2,1H3. The van der Waals surface area contributed by atoms with Crippen molar-refractivity contribution in [1.29, 1.82) is 0 Å². The monoisotopic (exact) mass is 463 g/mol. The molecule has 2 aliphatic rings. The molecule has 1 atom stereocenters. The normalized spacial score (nSPS) is 18.1. The Morgan fingerprint density at radius 1 is 1.03 bits per heavy atom. The van der Waals surface area contributed by atoms with Gasteiger partial charge in [-0.1, -0.05) is 48.0 Å². The summed E-state index contributed by atoms with van der Waals surface area (Å²) in [7, 11) is 1.45. The minimum atomic E-state index is -0.116. The predicted molar refractivity (Wildman–Crippen MR) is 128 cm³/mol. The second-order valence-electron chi connectivity index (χ2n) is 8.60. The van der Waals surface area contributed by atoms with Crippen LogP contribution >= 0.6 is 11.6 Å². The topological polar surface area (TPSA) is 48.0 Å². The van der Waals surface area contributed by atoms with Crippen molar-refractivity contribution >= 4 is 17.6 Å². The molecule has 0 aromatic heterocycles. The highest BCUT2D eigenvalue weighted by atomic mass is 35.5. The van der Waals surface area contributed by atoms with Crippen LogP contribution in [0.2, 0.25) is 5.02 Å². The first-order chi connectivity index (χ1) is 16.1. The summed E-state index contributed by atoms with van der Waals surface area (Å²) in [6.07, 6.45) is 0.932. The van der Waals surface area contributed by atoms with E-state index < -0.39 is 0 Å². The van der Waals surface area contributed by atoms with Gasteiger partial charge in [-0.3, -0.25) is 9.69 Å². The lowest BCUT2D eigenvalue weighted by molar-refractivity contribution is -0.153. The molecule has 5 rings (SSSR count). The average Bonchev–Trinajstić information content (AvgIpc) is 2.82. The van der Waals surface area contributed by atoms with Gasteiger partial charge >= 0.3 is 5.97 Å². The summed E-state index contributed by atoms with van der Waals surface area (Å²) in [4.78, 5) is 13.9. The van der Waals surface area contributed by atoms with E-state index in [-0.39, 0.29) is 11.9 Å². The van der Waals surface area contributed by atoms with E-state index in [4.69, 9.17) is 25.8 Å². The van der Waals surface area contributed by atoms with Crippen LogP contribution < -0.4 is 9.47 Å². The van der Waals surface area contributed by atoms with Crippen LogP contribution in [0.15, 0.2) is 66.7 Å². The number of fused-ring (bicyclic) bond motifs is 1. The number of hydrogen-bond donors (Lipinski definition) is 0. The minimum absolute atomic E-state index is 0.00286. The van der Waals surface area contributed by atoms with Gasteiger partial charge in [0.05, 0.1) is 13.0 Å². The number of halogens is 1. The molecule has 0 N–H and O–H groups in total. The molecule has 0 saturated carbocycles. The molecule has 0 bridgehead atoms. The van der Waals surface area contributed by atoms with E-state index in [9.17, 15) is 4.79 Å². The van der Waals surface area contributed by atoms with Crippen LogP contribution in [-0.4, -0.2) is 43.7 Å². The van der Waals surface area contributed by atoms with Crippen LogP contribution in [0.3, 0.4) is 0 Å². The second kappa shape index (κ2) is 9.46. The van der Waals surface area contributed by atoms with Gasteiger partial charge in [-0.15, -0.1) is 0 Å². The van der Waals surface area contributed by atoms with Gasteiger partial charge in [-0.05, 0) is 59.0 Å². The number of rotatable bonds is 6. The van der Waals surface area contributed by atoms with Crippen LogP contribution in [0.25, 0.3) is 11.1 Å². The molecule has 0 radical (unpaired) electrons. The number of benzene rings is 3. The molecule has 1 unspecified atom stereocenters. The Balaban J connectivity index is 1.19. The molecule has 5 nitrogen and oxygen atoms in total. The zero-order valence-corrected chi connectivity index (χ0v) is 19.3. The molecule has 3 aromatic carbocycles. The van der Waals surface area contributed by atoms with E-state index in [1.807, 2.05) is 36.4 Å². The van der Waals surface area contributed by atoms with Crippen molar-refractivity contribution in [3.63, 3.8) is 0 Å². The predicted octanol–water partition coefficient (Wildman–Crippen LogP) is 4.99. The maximum Gasteiger partial charge on any atom is 0.311 e. The Labute approximate surface area is 198 Å². The minimum Gasteiger partial charge on any atom is -0.492 e. The molecule has 170 valence electrons. The molecule has 2 aliphatic heterocycles. The smallest absolute Gasteiger partial charge is 0.311 e. The molecule has 1 fully saturated rings. The van der Waals surface area contributed by atoms with Crippen LogP contribution in [0.4, 0.5) is 0 Å². The maximum absolute atomic E-state index is 11.6. The number of nitrogens with zero attached hydrogens (tertiary/aromatic N) is 1. The van der Waals surface area contributed by atoms with E-state index in [0.29, 0.717) is 19.3 Å². The number of ether oxygens (including phenoxy) is 3. The molecular weight excluding hydrogens is 438 g/mol. The second-order valence-corrected chi connectivity index (χ2v) is 9.04. The Hall–Kier alpha value is -3.02. The number of carbonyl (C=O) groups is 1. The number of esters is 1. The first-order valence-electron chi connectivity index (χ1n) is 11.1. The molecule has 1 saturated heterocycles. The van der Waals surface area contributed by atoms with E-state index in [1.54, 1.807) is 0 Å². The van der Waals surface area contributed by atoms with Gasteiger partial charge in [-0.2, -0.15) is 0 Å². The van der Waals surface area contributed by atoms with Crippen molar-refractivity contribution in [3.8, 4) is 22.6 Å². The number of methoxy groups -OCH3 is 1. The lowest BCUT2D eigenvalue weighted by atomic mass is 9.92. The zero-order valence-electron chi connectivity index (χ0n) is 18.5. The van der Waals surface area contributed by atoms with Gasteiger partial charge in [0.2, 0.25) is 0 Å². The highest BCUT2D eigenvalue weighted by Gasteiger charge is 2.39. The molecule has 0 amide bonds. The fourth-order valence-electron chi connectivity index (χ4n) is 4.39. The summed E-state index contributed by atoms with van der Waals surface area (Å²) in [6, 6.07) is 22.5. The van der Waals surface area contributed by atoms with Crippen LogP contribution in [0.1, 0.15) is 11.1 Å². The van der Waals surface area contributed by atoms with Gasteiger partial charge < -0.3 is 14.2 Å². The zero-order chi connectivity index (χ0) is 22.8. The van der Waals surface area contributed by atoms with Crippen LogP contribution in [0.5, 0.6) is 11.5 Å². The van der Waals surface area contributed by atoms with Crippen molar-refractivity contribution < 1.29 is 19.0 Å². The third-order valence-electron chi connectivity index (χ3n) is 6.42. The highest BCUT2D eigenvalue weighted by molar-refractivity contribution is 6.30. The lowest BCUT2D eigenvalue weighted by Gasteiger charge is -2.44. The maximum atomic E-state index is 11.6. The van der Waals surface area contributed by atoms with Crippen molar-refractivity contribution in [2.75, 3.05) is 26.8 Å². The summed E-state index contributed by atoms with van der Waals surface area (Å²) < 4.78 is 16.8. The number of carbonyl (C=O) groups excluding carboxylic acids is 1. The van der Waals surface area contributed by atoms with E-state index in [2.05, 4.69) is 35.2 Å². The third kappa shape index (κ3) is 4.85. The quantitative estimate of drug-likeness (QED) is 0.482. The molecule has 33 heavy (non-hydrogen) atoms. The van der Waals surface area contributed by atoms with Gasteiger partial charge in [0.25, 0.3) is 0 Å². The Kier molecular flexibility index (Phi) is 6.25. The van der Waals surface area contributed by atoms with E-state index in [1.165, 1.54) is 12.7 Å². The Bertz CT molecular complexity index is 1120. The summed E-state index contributed by atoms with van der Waals surface area (Å²) >= 11 is 5.93.